The van der Waals surface area contributed by atoms with E-state index in [0.29, 0.717) is 37.6 Å². The summed E-state index contributed by atoms with van der Waals surface area (Å²) in [6.07, 6.45) is 0.223. The molecular formula is C20H24N2O4. The number of nitrogens with one attached hydrogen (secondary N) is 2. The van der Waals surface area contributed by atoms with Crippen LogP contribution in [-0.2, 0) is 16.1 Å². The van der Waals surface area contributed by atoms with Crippen molar-refractivity contribution in [1.82, 2.24) is 5.32 Å². The third-order valence-electron chi connectivity index (χ3n) is 3.53. The minimum Gasteiger partial charge on any atom is -0.450 e. The first-order valence-electron chi connectivity index (χ1n) is 8.62. The summed E-state index contributed by atoms with van der Waals surface area (Å²) in [6, 6.07) is 16.6. The van der Waals surface area contributed by atoms with Crippen molar-refractivity contribution in [2.24, 2.45) is 0 Å². The highest BCUT2D eigenvalue weighted by molar-refractivity contribution is 5.95. The van der Waals surface area contributed by atoms with Gasteiger partial charge < -0.3 is 14.8 Å². The van der Waals surface area contributed by atoms with E-state index in [4.69, 9.17) is 9.47 Å². The van der Waals surface area contributed by atoms with Gasteiger partial charge in [0, 0.05) is 24.4 Å². The summed E-state index contributed by atoms with van der Waals surface area (Å²) >= 11 is 0. The lowest BCUT2D eigenvalue weighted by Gasteiger charge is -2.08. The van der Waals surface area contributed by atoms with Crippen molar-refractivity contribution in [3.63, 3.8) is 0 Å². The normalized spacial score (nSPS) is 10.2. The number of ether oxygens (including phenoxy) is 2. The van der Waals surface area contributed by atoms with Gasteiger partial charge in [-0.25, -0.2) is 4.79 Å². The number of hydrogen-bond acceptors (Lipinski definition) is 4. The van der Waals surface area contributed by atoms with Crippen molar-refractivity contribution in [3.05, 3.63) is 65.7 Å². The third-order valence-corrected chi connectivity index (χ3v) is 3.53. The molecule has 0 aliphatic heterocycles. The lowest BCUT2D eigenvalue weighted by molar-refractivity contribution is 0.0934. The quantitative estimate of drug-likeness (QED) is 0.673. The molecule has 6 nitrogen and oxygen atoms in total. The molecule has 2 rings (SSSR count). The van der Waals surface area contributed by atoms with Crippen LogP contribution in [-0.4, -0.2) is 31.8 Å². The Morgan fingerprint density at radius 1 is 1.00 bits per heavy atom. The van der Waals surface area contributed by atoms with Gasteiger partial charge in [-0.2, -0.15) is 0 Å². The molecule has 0 saturated carbocycles. The third kappa shape index (κ3) is 6.94. The monoisotopic (exact) mass is 356 g/mol. The molecule has 0 heterocycles. The lowest BCUT2D eigenvalue weighted by atomic mass is 10.2. The van der Waals surface area contributed by atoms with Gasteiger partial charge in [-0.05, 0) is 43.2 Å². The van der Waals surface area contributed by atoms with Gasteiger partial charge in [0.2, 0.25) is 0 Å². The first-order valence-corrected chi connectivity index (χ1v) is 8.62. The van der Waals surface area contributed by atoms with E-state index in [0.717, 1.165) is 12.0 Å². The van der Waals surface area contributed by atoms with Gasteiger partial charge in [-0.15, -0.1) is 0 Å². The Labute approximate surface area is 153 Å². The van der Waals surface area contributed by atoms with Gasteiger partial charge in [-0.1, -0.05) is 30.3 Å². The van der Waals surface area contributed by atoms with Gasteiger partial charge in [0.15, 0.2) is 0 Å². The SMILES string of the molecule is CCOC(=O)Nc1ccc(C(=O)NCCCOCc2ccccc2)cc1. The Kier molecular flexibility index (Phi) is 8.15. The number of hydrogen-bond donors (Lipinski definition) is 2. The summed E-state index contributed by atoms with van der Waals surface area (Å²) in [5.74, 6) is -0.157. The largest absolute Gasteiger partial charge is 0.450 e. The molecule has 0 atom stereocenters. The summed E-state index contributed by atoms with van der Waals surface area (Å²) in [4.78, 5) is 23.4. The summed E-state index contributed by atoms with van der Waals surface area (Å²) in [5, 5.41) is 5.43. The van der Waals surface area contributed by atoms with Crippen molar-refractivity contribution in [1.29, 1.82) is 0 Å². The first-order chi connectivity index (χ1) is 12.7. The summed E-state index contributed by atoms with van der Waals surface area (Å²) in [7, 11) is 0. The molecule has 6 heteroatoms. The zero-order valence-corrected chi connectivity index (χ0v) is 14.9. The summed E-state index contributed by atoms with van der Waals surface area (Å²) < 4.78 is 10.4. The summed E-state index contributed by atoms with van der Waals surface area (Å²) in [5.41, 5.74) is 2.24. The molecule has 0 aliphatic carbocycles. The van der Waals surface area contributed by atoms with E-state index in [1.54, 1.807) is 31.2 Å². The molecule has 0 fully saturated rings. The second-order valence-corrected chi connectivity index (χ2v) is 5.57. The van der Waals surface area contributed by atoms with Crippen molar-refractivity contribution in [2.75, 3.05) is 25.1 Å². The highest BCUT2D eigenvalue weighted by Gasteiger charge is 2.06. The molecule has 26 heavy (non-hydrogen) atoms. The number of rotatable bonds is 9. The van der Waals surface area contributed by atoms with Crippen molar-refractivity contribution in [2.45, 2.75) is 20.0 Å². The summed E-state index contributed by atoms with van der Waals surface area (Å²) in [6.45, 7) is 3.73. The Balaban J connectivity index is 1.63. The van der Waals surface area contributed by atoms with Crippen LogP contribution >= 0.6 is 0 Å². The molecule has 0 spiro atoms. The van der Waals surface area contributed by atoms with E-state index >= 15 is 0 Å². The smallest absolute Gasteiger partial charge is 0.411 e. The Bertz CT molecular complexity index is 687. The van der Waals surface area contributed by atoms with Gasteiger partial charge in [0.05, 0.1) is 13.2 Å². The average molecular weight is 356 g/mol. The van der Waals surface area contributed by atoms with Crippen LogP contribution in [0.2, 0.25) is 0 Å². The number of amides is 2. The maximum absolute atomic E-state index is 12.1. The predicted octanol–water partition coefficient (Wildman–Crippen LogP) is 3.59. The maximum Gasteiger partial charge on any atom is 0.411 e. The molecule has 0 saturated heterocycles. The molecule has 2 aromatic carbocycles. The van der Waals surface area contributed by atoms with Gasteiger partial charge in [-0.3, -0.25) is 10.1 Å². The highest BCUT2D eigenvalue weighted by atomic mass is 16.5. The van der Waals surface area contributed by atoms with Crippen LogP contribution in [0.3, 0.4) is 0 Å². The van der Waals surface area contributed by atoms with Crippen LogP contribution in [0.25, 0.3) is 0 Å². The molecule has 0 radical (unpaired) electrons. The molecule has 0 aliphatic rings. The second-order valence-electron chi connectivity index (χ2n) is 5.57. The minimum atomic E-state index is -0.514. The van der Waals surface area contributed by atoms with Gasteiger partial charge in [0.25, 0.3) is 5.91 Å². The zero-order chi connectivity index (χ0) is 18.6. The van der Waals surface area contributed by atoms with Gasteiger partial charge >= 0.3 is 6.09 Å². The fourth-order valence-electron chi connectivity index (χ4n) is 2.23. The zero-order valence-electron chi connectivity index (χ0n) is 14.9. The van der Waals surface area contributed by atoms with E-state index in [1.165, 1.54) is 0 Å². The molecule has 0 aromatic heterocycles. The maximum atomic E-state index is 12.1. The number of carbonyl (C=O) groups excluding carboxylic acids is 2. The topological polar surface area (TPSA) is 76.7 Å². The van der Waals surface area contributed by atoms with Crippen LogP contribution in [0.4, 0.5) is 10.5 Å². The number of anilines is 1. The van der Waals surface area contributed by atoms with E-state index in [1.807, 2.05) is 30.3 Å². The van der Waals surface area contributed by atoms with Crippen molar-refractivity contribution in [3.8, 4) is 0 Å². The molecule has 2 aromatic rings. The minimum absolute atomic E-state index is 0.157. The van der Waals surface area contributed by atoms with E-state index in [2.05, 4.69) is 10.6 Å². The Morgan fingerprint density at radius 3 is 2.42 bits per heavy atom. The Hall–Kier alpha value is -2.86. The second kappa shape index (κ2) is 10.9. The lowest BCUT2D eigenvalue weighted by Crippen LogP contribution is -2.25. The van der Waals surface area contributed by atoms with Crippen LogP contribution in [0.15, 0.2) is 54.6 Å². The molecule has 2 N–H and O–H groups in total. The average Bonchev–Trinajstić information content (AvgIpc) is 2.66. The fourth-order valence-corrected chi connectivity index (χ4v) is 2.23. The van der Waals surface area contributed by atoms with Crippen LogP contribution in [0, 0.1) is 0 Å². The Morgan fingerprint density at radius 2 is 1.73 bits per heavy atom. The molecule has 0 unspecified atom stereocenters. The highest BCUT2D eigenvalue weighted by Crippen LogP contribution is 2.10. The number of carbonyl (C=O) groups is 2. The first kappa shape index (κ1) is 19.5. The van der Waals surface area contributed by atoms with Crippen molar-refractivity contribution >= 4 is 17.7 Å². The molecule has 138 valence electrons. The van der Waals surface area contributed by atoms with E-state index < -0.39 is 6.09 Å². The van der Waals surface area contributed by atoms with Gasteiger partial charge in [0.1, 0.15) is 0 Å². The van der Waals surface area contributed by atoms with Crippen LogP contribution in [0.5, 0.6) is 0 Å². The molecule has 0 bridgehead atoms. The van der Waals surface area contributed by atoms with Crippen molar-refractivity contribution < 1.29 is 19.1 Å². The van der Waals surface area contributed by atoms with E-state index in [9.17, 15) is 9.59 Å². The predicted molar refractivity (Wildman–Crippen MR) is 100 cm³/mol. The standard InChI is InChI=1S/C20H24N2O4/c1-2-26-20(24)22-18-11-9-17(10-12-18)19(23)21-13-6-14-25-15-16-7-4-3-5-8-16/h3-5,7-12H,2,6,13-15H2,1H3,(H,21,23)(H,22,24). The molecular weight excluding hydrogens is 332 g/mol. The number of benzene rings is 2. The molecule has 2 amide bonds. The van der Waals surface area contributed by atoms with Crippen LogP contribution in [0.1, 0.15) is 29.3 Å². The van der Waals surface area contributed by atoms with Crippen LogP contribution < -0.4 is 10.6 Å². The van der Waals surface area contributed by atoms with E-state index in [-0.39, 0.29) is 5.91 Å². The fraction of sp³-hybridized carbons (Fsp3) is 0.300.